The first-order valence-corrected chi connectivity index (χ1v) is 9.73. The third-order valence-corrected chi connectivity index (χ3v) is 5.13. The molecule has 28 heavy (non-hydrogen) atoms. The molecular weight excluding hydrogens is 352 g/mol. The van der Waals surface area contributed by atoms with Crippen LogP contribution in [0.25, 0.3) is 0 Å². The van der Waals surface area contributed by atoms with Crippen molar-refractivity contribution in [3.05, 3.63) is 59.7 Å². The van der Waals surface area contributed by atoms with E-state index < -0.39 is 0 Å². The van der Waals surface area contributed by atoms with Crippen molar-refractivity contribution in [2.24, 2.45) is 5.92 Å². The second kappa shape index (κ2) is 8.46. The molecule has 1 aliphatic rings. The van der Waals surface area contributed by atoms with Crippen molar-refractivity contribution in [2.45, 2.75) is 45.7 Å². The minimum Gasteiger partial charge on any atom is -0.497 e. The number of rotatable bonds is 5. The highest BCUT2D eigenvalue weighted by molar-refractivity contribution is 5.97. The third kappa shape index (κ3) is 4.19. The normalized spacial score (nSPS) is 19.6. The number of carbonyl (C=O) groups excluding carboxylic acids is 2. The van der Waals surface area contributed by atoms with Crippen molar-refractivity contribution in [2.75, 3.05) is 12.0 Å². The summed E-state index contributed by atoms with van der Waals surface area (Å²) in [6, 6.07) is 15.2. The Morgan fingerprint density at radius 1 is 1.11 bits per heavy atom. The van der Waals surface area contributed by atoms with Crippen LogP contribution in [0.3, 0.4) is 0 Å². The summed E-state index contributed by atoms with van der Waals surface area (Å²) in [6.07, 6.45) is 0.896. The van der Waals surface area contributed by atoms with Gasteiger partial charge in [-0.05, 0) is 57.0 Å². The number of nitrogens with zero attached hydrogens (tertiary/aromatic N) is 1. The predicted octanol–water partition coefficient (Wildman–Crippen LogP) is 4.01. The minimum absolute atomic E-state index is 0.0135. The van der Waals surface area contributed by atoms with E-state index in [0.29, 0.717) is 12.8 Å². The van der Waals surface area contributed by atoms with Gasteiger partial charge in [0, 0.05) is 18.2 Å². The number of anilines is 1. The first-order valence-electron chi connectivity index (χ1n) is 9.73. The van der Waals surface area contributed by atoms with Gasteiger partial charge in [0.25, 0.3) is 0 Å². The van der Waals surface area contributed by atoms with Gasteiger partial charge < -0.3 is 15.0 Å². The van der Waals surface area contributed by atoms with E-state index in [4.69, 9.17) is 4.74 Å². The molecule has 0 aliphatic carbocycles. The van der Waals surface area contributed by atoms with Crippen LogP contribution in [0.5, 0.6) is 5.75 Å². The molecule has 0 spiro atoms. The smallest absolute Gasteiger partial charge is 0.227 e. The summed E-state index contributed by atoms with van der Waals surface area (Å²) in [5.41, 5.74) is 2.88. The Hall–Kier alpha value is -2.82. The van der Waals surface area contributed by atoms with Gasteiger partial charge in [-0.1, -0.05) is 29.8 Å². The number of nitrogens with one attached hydrogen (secondary N) is 1. The summed E-state index contributed by atoms with van der Waals surface area (Å²) in [6.45, 7) is 5.92. The zero-order chi connectivity index (χ0) is 20.3. The van der Waals surface area contributed by atoms with E-state index in [2.05, 4.69) is 5.32 Å². The van der Waals surface area contributed by atoms with E-state index in [1.807, 2.05) is 69.3 Å². The lowest BCUT2D eigenvalue weighted by atomic mass is 9.83. The van der Waals surface area contributed by atoms with Crippen molar-refractivity contribution < 1.29 is 14.3 Å². The van der Waals surface area contributed by atoms with Crippen LogP contribution in [0.1, 0.15) is 43.9 Å². The lowest BCUT2D eigenvalue weighted by Gasteiger charge is -2.41. The Morgan fingerprint density at radius 2 is 1.75 bits per heavy atom. The number of methoxy groups -OCH3 is 1. The van der Waals surface area contributed by atoms with E-state index in [-0.39, 0.29) is 29.8 Å². The van der Waals surface area contributed by atoms with Gasteiger partial charge in [0.15, 0.2) is 0 Å². The molecule has 1 heterocycles. The van der Waals surface area contributed by atoms with Gasteiger partial charge in [-0.3, -0.25) is 9.59 Å². The molecule has 148 valence electrons. The molecule has 1 N–H and O–H groups in total. The average Bonchev–Trinajstić information content (AvgIpc) is 2.68. The standard InChI is InChI=1S/C23H28N2O3/c1-15(2)24-23(27)20-13-14-21(26)25(18-9-5-16(3)6-10-18)22(20)17-7-11-19(28-4)12-8-17/h5-12,15,20,22H,13-14H2,1-4H3,(H,24,27). The fourth-order valence-corrected chi connectivity index (χ4v) is 3.75. The number of piperidine rings is 1. The molecule has 0 bridgehead atoms. The Morgan fingerprint density at radius 3 is 2.32 bits per heavy atom. The minimum atomic E-state index is -0.353. The molecule has 5 nitrogen and oxygen atoms in total. The van der Waals surface area contributed by atoms with Gasteiger partial charge in [-0.25, -0.2) is 0 Å². The van der Waals surface area contributed by atoms with Crippen LogP contribution in [-0.4, -0.2) is 25.0 Å². The zero-order valence-electron chi connectivity index (χ0n) is 16.9. The molecule has 0 aromatic heterocycles. The number of ether oxygens (including phenoxy) is 1. The topological polar surface area (TPSA) is 58.6 Å². The van der Waals surface area contributed by atoms with Gasteiger partial charge in [-0.2, -0.15) is 0 Å². The molecule has 2 unspecified atom stereocenters. The molecule has 1 saturated heterocycles. The highest BCUT2D eigenvalue weighted by Crippen LogP contribution is 2.40. The van der Waals surface area contributed by atoms with Crippen LogP contribution in [0.2, 0.25) is 0 Å². The van der Waals surface area contributed by atoms with Gasteiger partial charge in [0.1, 0.15) is 5.75 Å². The maximum Gasteiger partial charge on any atom is 0.227 e. The van der Waals surface area contributed by atoms with Gasteiger partial charge in [0.05, 0.1) is 19.1 Å². The highest BCUT2D eigenvalue weighted by atomic mass is 16.5. The first kappa shape index (κ1) is 19.9. The predicted molar refractivity (Wildman–Crippen MR) is 110 cm³/mol. The number of amides is 2. The van der Waals surface area contributed by atoms with Crippen molar-refractivity contribution in [1.29, 1.82) is 0 Å². The van der Waals surface area contributed by atoms with Crippen LogP contribution < -0.4 is 15.0 Å². The van der Waals surface area contributed by atoms with Crippen LogP contribution in [0.4, 0.5) is 5.69 Å². The summed E-state index contributed by atoms with van der Waals surface area (Å²) in [7, 11) is 1.62. The number of hydrogen-bond donors (Lipinski definition) is 1. The number of carbonyl (C=O) groups is 2. The molecule has 1 fully saturated rings. The van der Waals surface area contributed by atoms with E-state index in [1.165, 1.54) is 0 Å². The van der Waals surface area contributed by atoms with Crippen LogP contribution >= 0.6 is 0 Å². The number of aryl methyl sites for hydroxylation is 1. The molecule has 0 saturated carbocycles. The average molecular weight is 380 g/mol. The molecule has 2 amide bonds. The Kier molecular flexibility index (Phi) is 6.02. The summed E-state index contributed by atoms with van der Waals surface area (Å²) in [5.74, 6) is 0.462. The molecule has 2 atom stereocenters. The first-order chi connectivity index (χ1) is 13.4. The van der Waals surface area contributed by atoms with Gasteiger partial charge in [0.2, 0.25) is 11.8 Å². The molecule has 0 radical (unpaired) electrons. The quantitative estimate of drug-likeness (QED) is 0.853. The van der Waals surface area contributed by atoms with E-state index >= 15 is 0 Å². The molecule has 2 aromatic carbocycles. The number of hydrogen-bond acceptors (Lipinski definition) is 3. The Balaban J connectivity index is 2.06. The second-order valence-electron chi connectivity index (χ2n) is 7.63. The van der Waals surface area contributed by atoms with Crippen LogP contribution in [-0.2, 0) is 9.59 Å². The molecule has 3 rings (SSSR count). The lowest BCUT2D eigenvalue weighted by Crippen LogP contribution is -2.49. The van der Waals surface area contributed by atoms with E-state index in [9.17, 15) is 9.59 Å². The SMILES string of the molecule is COc1ccc(C2C(C(=O)NC(C)C)CCC(=O)N2c2ccc(C)cc2)cc1. The highest BCUT2D eigenvalue weighted by Gasteiger charge is 2.41. The van der Waals surface area contributed by atoms with Crippen LogP contribution in [0, 0.1) is 12.8 Å². The Bertz CT molecular complexity index is 828. The molecule has 1 aliphatic heterocycles. The molecular formula is C23H28N2O3. The fraction of sp³-hybridized carbons (Fsp3) is 0.391. The summed E-state index contributed by atoms with van der Waals surface area (Å²) < 4.78 is 5.27. The van der Waals surface area contributed by atoms with Gasteiger partial charge in [-0.15, -0.1) is 0 Å². The van der Waals surface area contributed by atoms with E-state index in [0.717, 1.165) is 22.6 Å². The lowest BCUT2D eigenvalue weighted by molar-refractivity contribution is -0.129. The monoisotopic (exact) mass is 380 g/mol. The third-order valence-electron chi connectivity index (χ3n) is 5.13. The molecule has 2 aromatic rings. The largest absolute Gasteiger partial charge is 0.497 e. The maximum absolute atomic E-state index is 13.0. The summed E-state index contributed by atoms with van der Waals surface area (Å²) >= 11 is 0. The Labute approximate surface area is 166 Å². The van der Waals surface area contributed by atoms with Crippen molar-refractivity contribution in [3.8, 4) is 5.75 Å². The number of benzene rings is 2. The van der Waals surface area contributed by atoms with Gasteiger partial charge >= 0.3 is 0 Å². The summed E-state index contributed by atoms with van der Waals surface area (Å²) in [5, 5.41) is 3.03. The maximum atomic E-state index is 13.0. The van der Waals surface area contributed by atoms with E-state index in [1.54, 1.807) is 12.0 Å². The van der Waals surface area contributed by atoms with Crippen molar-refractivity contribution >= 4 is 17.5 Å². The van der Waals surface area contributed by atoms with Crippen molar-refractivity contribution in [1.82, 2.24) is 5.32 Å². The second-order valence-corrected chi connectivity index (χ2v) is 7.63. The zero-order valence-corrected chi connectivity index (χ0v) is 16.9. The fourth-order valence-electron chi connectivity index (χ4n) is 3.75. The molecule has 5 heteroatoms. The van der Waals surface area contributed by atoms with Crippen molar-refractivity contribution in [3.63, 3.8) is 0 Å². The summed E-state index contributed by atoms with van der Waals surface area (Å²) in [4.78, 5) is 27.7. The van der Waals surface area contributed by atoms with Crippen LogP contribution in [0.15, 0.2) is 48.5 Å².